The fraction of sp³-hybridized carbons (Fsp3) is 1.00. The summed E-state index contributed by atoms with van der Waals surface area (Å²) in [4.78, 5) is 0. The Labute approximate surface area is 51.5 Å². The molecular weight excluding hydrogens is 98.1 g/mol. The Morgan fingerprint density at radius 3 is 2.00 bits per heavy atom. The van der Waals surface area contributed by atoms with Crippen molar-refractivity contribution in [3.05, 3.63) is 0 Å². The zero-order chi connectivity index (χ0) is 6.20. The maximum Gasteiger partial charge on any atom is 0.00742 e. The number of nitrogens with one attached hydrogen (secondary N) is 1. The van der Waals surface area contributed by atoms with Crippen molar-refractivity contribution in [2.75, 3.05) is 7.05 Å². The van der Waals surface area contributed by atoms with Gasteiger partial charge in [-0.2, -0.15) is 0 Å². The van der Waals surface area contributed by atoms with Gasteiger partial charge in [-0.05, 0) is 25.3 Å². The summed E-state index contributed by atoms with van der Waals surface area (Å²) in [6.07, 6.45) is 2.70. The second kappa shape index (κ2) is 1.73. The smallest absolute Gasteiger partial charge is 0.00742 e. The average Bonchev–Trinajstić information content (AvgIpc) is 1.60. The predicted octanol–water partition coefficient (Wildman–Crippen LogP) is 1.39. The van der Waals surface area contributed by atoms with E-state index in [1.54, 1.807) is 0 Å². The van der Waals surface area contributed by atoms with Crippen LogP contribution in [0.3, 0.4) is 0 Å². The molecule has 0 spiro atoms. The van der Waals surface area contributed by atoms with Gasteiger partial charge < -0.3 is 5.32 Å². The average molecular weight is 113 g/mol. The summed E-state index contributed by atoms with van der Waals surface area (Å²) >= 11 is 0. The van der Waals surface area contributed by atoms with E-state index >= 15 is 0 Å². The van der Waals surface area contributed by atoms with E-state index < -0.39 is 0 Å². The lowest BCUT2D eigenvalue weighted by atomic mass is 9.68. The Balaban J connectivity index is 2.21. The first kappa shape index (κ1) is 6.09. The highest BCUT2D eigenvalue weighted by molar-refractivity contribution is 4.90. The van der Waals surface area contributed by atoms with Crippen molar-refractivity contribution in [2.45, 2.75) is 32.7 Å². The molecule has 0 saturated heterocycles. The lowest BCUT2D eigenvalue weighted by molar-refractivity contribution is 0.133. The van der Waals surface area contributed by atoms with Crippen LogP contribution < -0.4 is 5.32 Å². The molecule has 0 aromatic heterocycles. The maximum atomic E-state index is 3.26. The molecule has 0 atom stereocenters. The zero-order valence-electron chi connectivity index (χ0n) is 5.99. The van der Waals surface area contributed by atoms with E-state index in [0.717, 1.165) is 6.04 Å². The summed E-state index contributed by atoms with van der Waals surface area (Å²) in [5, 5.41) is 3.26. The Morgan fingerprint density at radius 1 is 1.38 bits per heavy atom. The van der Waals surface area contributed by atoms with Crippen molar-refractivity contribution in [1.82, 2.24) is 5.32 Å². The molecule has 1 heteroatoms. The second-order valence-corrected chi connectivity index (χ2v) is 3.56. The van der Waals surface area contributed by atoms with Gasteiger partial charge >= 0.3 is 0 Å². The van der Waals surface area contributed by atoms with Crippen LogP contribution in [0.2, 0.25) is 0 Å². The minimum Gasteiger partial charge on any atom is -0.317 e. The van der Waals surface area contributed by atoms with Gasteiger partial charge in [-0.3, -0.25) is 0 Å². The number of hydrogen-bond donors (Lipinski definition) is 1. The van der Waals surface area contributed by atoms with Gasteiger partial charge in [-0.25, -0.2) is 0 Å². The zero-order valence-corrected chi connectivity index (χ0v) is 5.99. The molecule has 0 amide bonds. The molecule has 1 nitrogen and oxygen atoms in total. The SMILES string of the molecule is CNC1CC(C)(C)C1. The molecular formula is C7H15N. The van der Waals surface area contributed by atoms with Crippen LogP contribution in [0.15, 0.2) is 0 Å². The largest absolute Gasteiger partial charge is 0.317 e. The van der Waals surface area contributed by atoms with E-state index in [1.165, 1.54) is 12.8 Å². The molecule has 0 aromatic carbocycles. The summed E-state index contributed by atoms with van der Waals surface area (Å²) in [5.41, 5.74) is 0.633. The summed E-state index contributed by atoms with van der Waals surface area (Å²) in [6.45, 7) is 4.64. The van der Waals surface area contributed by atoms with Gasteiger partial charge in [-0.15, -0.1) is 0 Å². The summed E-state index contributed by atoms with van der Waals surface area (Å²) in [7, 11) is 2.04. The van der Waals surface area contributed by atoms with Crippen LogP contribution in [-0.2, 0) is 0 Å². The van der Waals surface area contributed by atoms with Crippen molar-refractivity contribution in [3.63, 3.8) is 0 Å². The first-order chi connectivity index (χ1) is 3.64. The molecule has 0 heterocycles. The Kier molecular flexibility index (Phi) is 1.31. The van der Waals surface area contributed by atoms with Crippen LogP contribution in [0, 0.1) is 5.41 Å². The van der Waals surface area contributed by atoms with Crippen LogP contribution in [0.1, 0.15) is 26.7 Å². The molecule has 8 heavy (non-hydrogen) atoms. The van der Waals surface area contributed by atoms with Gasteiger partial charge in [0.15, 0.2) is 0 Å². The van der Waals surface area contributed by atoms with E-state index in [9.17, 15) is 0 Å². The summed E-state index contributed by atoms with van der Waals surface area (Å²) in [6, 6.07) is 0.810. The third-order valence-electron chi connectivity index (χ3n) is 2.01. The van der Waals surface area contributed by atoms with Gasteiger partial charge in [0.25, 0.3) is 0 Å². The molecule has 1 aliphatic carbocycles. The lowest BCUT2D eigenvalue weighted by Gasteiger charge is -2.42. The van der Waals surface area contributed by atoms with Gasteiger partial charge in [0.2, 0.25) is 0 Å². The maximum absolute atomic E-state index is 3.26. The van der Waals surface area contributed by atoms with Gasteiger partial charge in [0.05, 0.1) is 0 Å². The van der Waals surface area contributed by atoms with Crippen molar-refractivity contribution >= 4 is 0 Å². The Morgan fingerprint density at radius 2 is 1.88 bits per heavy atom. The van der Waals surface area contributed by atoms with E-state index in [-0.39, 0.29) is 0 Å². The minimum absolute atomic E-state index is 0.633. The van der Waals surface area contributed by atoms with Gasteiger partial charge in [0.1, 0.15) is 0 Å². The third kappa shape index (κ3) is 1.03. The molecule has 1 fully saturated rings. The Hall–Kier alpha value is -0.0400. The monoisotopic (exact) mass is 113 g/mol. The molecule has 1 rings (SSSR count). The van der Waals surface area contributed by atoms with Crippen molar-refractivity contribution < 1.29 is 0 Å². The summed E-state index contributed by atoms with van der Waals surface area (Å²) in [5.74, 6) is 0. The first-order valence-electron chi connectivity index (χ1n) is 3.31. The standard InChI is InChI=1S/C7H15N/c1-7(2)4-6(5-7)8-3/h6,8H,4-5H2,1-3H3. The fourth-order valence-electron chi connectivity index (χ4n) is 1.48. The van der Waals surface area contributed by atoms with Crippen molar-refractivity contribution in [1.29, 1.82) is 0 Å². The topological polar surface area (TPSA) is 12.0 Å². The predicted molar refractivity (Wildman–Crippen MR) is 35.9 cm³/mol. The fourth-order valence-corrected chi connectivity index (χ4v) is 1.48. The molecule has 0 unspecified atom stereocenters. The van der Waals surface area contributed by atoms with Gasteiger partial charge in [0, 0.05) is 6.04 Å². The van der Waals surface area contributed by atoms with Gasteiger partial charge in [-0.1, -0.05) is 13.8 Å². The van der Waals surface area contributed by atoms with Crippen LogP contribution in [0.4, 0.5) is 0 Å². The molecule has 1 N–H and O–H groups in total. The normalized spacial score (nSPS) is 27.4. The van der Waals surface area contributed by atoms with E-state index in [0.29, 0.717) is 5.41 Å². The number of hydrogen-bond acceptors (Lipinski definition) is 1. The highest BCUT2D eigenvalue weighted by Gasteiger charge is 2.34. The Bertz CT molecular complexity index is 78.4. The van der Waals surface area contributed by atoms with Crippen molar-refractivity contribution in [3.8, 4) is 0 Å². The van der Waals surface area contributed by atoms with Crippen LogP contribution in [0.25, 0.3) is 0 Å². The molecule has 1 saturated carbocycles. The first-order valence-corrected chi connectivity index (χ1v) is 3.31. The second-order valence-electron chi connectivity index (χ2n) is 3.56. The quantitative estimate of drug-likeness (QED) is 0.542. The summed E-state index contributed by atoms with van der Waals surface area (Å²) < 4.78 is 0. The third-order valence-corrected chi connectivity index (χ3v) is 2.01. The molecule has 0 aromatic rings. The molecule has 0 bridgehead atoms. The van der Waals surface area contributed by atoms with Crippen LogP contribution in [-0.4, -0.2) is 13.1 Å². The molecule has 0 aliphatic heterocycles. The lowest BCUT2D eigenvalue weighted by Crippen LogP contribution is -2.44. The molecule has 1 aliphatic rings. The van der Waals surface area contributed by atoms with Crippen LogP contribution in [0.5, 0.6) is 0 Å². The van der Waals surface area contributed by atoms with E-state index in [2.05, 4.69) is 19.2 Å². The van der Waals surface area contributed by atoms with Crippen LogP contribution >= 0.6 is 0 Å². The molecule has 48 valence electrons. The highest BCUT2D eigenvalue weighted by Crippen LogP contribution is 2.39. The van der Waals surface area contributed by atoms with E-state index in [4.69, 9.17) is 0 Å². The minimum atomic E-state index is 0.633. The highest BCUT2D eigenvalue weighted by atomic mass is 14.9. The number of rotatable bonds is 1. The molecule has 0 radical (unpaired) electrons. The van der Waals surface area contributed by atoms with E-state index in [1.807, 2.05) is 7.05 Å². The van der Waals surface area contributed by atoms with Crippen molar-refractivity contribution in [2.24, 2.45) is 5.41 Å².